The first-order valence-corrected chi connectivity index (χ1v) is 7.62. The van der Waals surface area contributed by atoms with Crippen LogP contribution < -0.4 is 5.32 Å². The van der Waals surface area contributed by atoms with Gasteiger partial charge in [0.05, 0.1) is 10.0 Å². The normalized spacial score (nSPS) is 23.5. The summed E-state index contributed by atoms with van der Waals surface area (Å²) in [6.45, 7) is 3.36. The molecular weight excluding hydrogens is 265 g/mol. The highest BCUT2D eigenvalue weighted by molar-refractivity contribution is 6.42. The molecule has 100 valence electrons. The largest absolute Gasteiger partial charge is 0.314 e. The zero-order valence-corrected chi connectivity index (χ0v) is 12.4. The molecule has 0 heterocycles. The van der Waals surface area contributed by atoms with E-state index in [9.17, 15) is 0 Å². The molecule has 1 N–H and O–H groups in total. The van der Waals surface area contributed by atoms with E-state index in [-0.39, 0.29) is 0 Å². The lowest BCUT2D eigenvalue weighted by molar-refractivity contribution is 0.484. The molecule has 2 atom stereocenters. The third-order valence-electron chi connectivity index (χ3n) is 3.73. The maximum atomic E-state index is 6.05. The summed E-state index contributed by atoms with van der Waals surface area (Å²) in [5.74, 6) is 0.789. The summed E-state index contributed by atoms with van der Waals surface area (Å²) < 4.78 is 0. The average Bonchev–Trinajstić information content (AvgIpc) is 2.79. The standard InChI is InChI=1S/C15H21Cl2N/c1-2-7-18-13-5-3-11(9-13)8-12-4-6-14(16)15(17)10-12/h4,6,10-11,13,18H,2-3,5,7-9H2,1H3. The third-order valence-corrected chi connectivity index (χ3v) is 4.47. The predicted molar refractivity (Wildman–Crippen MR) is 79.6 cm³/mol. The van der Waals surface area contributed by atoms with E-state index in [1.165, 1.54) is 31.2 Å². The van der Waals surface area contributed by atoms with E-state index < -0.39 is 0 Å². The van der Waals surface area contributed by atoms with Crippen molar-refractivity contribution in [3.05, 3.63) is 33.8 Å². The minimum Gasteiger partial charge on any atom is -0.314 e. The van der Waals surface area contributed by atoms with Gasteiger partial charge in [0, 0.05) is 6.04 Å². The smallest absolute Gasteiger partial charge is 0.0595 e. The van der Waals surface area contributed by atoms with Crippen LogP contribution >= 0.6 is 23.2 Å². The molecule has 0 aromatic heterocycles. The van der Waals surface area contributed by atoms with Gasteiger partial charge in [0.1, 0.15) is 0 Å². The fraction of sp³-hybridized carbons (Fsp3) is 0.600. The summed E-state index contributed by atoms with van der Waals surface area (Å²) in [5, 5.41) is 4.94. The highest BCUT2D eigenvalue weighted by atomic mass is 35.5. The van der Waals surface area contributed by atoms with Gasteiger partial charge in [-0.05, 0) is 62.3 Å². The van der Waals surface area contributed by atoms with Gasteiger partial charge in [-0.3, -0.25) is 0 Å². The molecular formula is C15H21Cl2N. The van der Waals surface area contributed by atoms with Gasteiger partial charge in [0.25, 0.3) is 0 Å². The molecule has 0 spiro atoms. The van der Waals surface area contributed by atoms with Crippen molar-refractivity contribution in [3.63, 3.8) is 0 Å². The van der Waals surface area contributed by atoms with Gasteiger partial charge < -0.3 is 5.32 Å². The molecule has 2 unspecified atom stereocenters. The van der Waals surface area contributed by atoms with Gasteiger partial charge in [-0.25, -0.2) is 0 Å². The Labute approximate surface area is 120 Å². The van der Waals surface area contributed by atoms with Crippen LogP contribution in [0.25, 0.3) is 0 Å². The van der Waals surface area contributed by atoms with Gasteiger partial charge >= 0.3 is 0 Å². The summed E-state index contributed by atoms with van der Waals surface area (Å²) in [5.41, 5.74) is 1.31. The molecule has 0 aliphatic heterocycles. The molecule has 18 heavy (non-hydrogen) atoms. The van der Waals surface area contributed by atoms with Gasteiger partial charge in [-0.15, -0.1) is 0 Å². The highest BCUT2D eigenvalue weighted by Gasteiger charge is 2.24. The summed E-state index contributed by atoms with van der Waals surface area (Å²) in [6.07, 6.45) is 6.27. The minimum absolute atomic E-state index is 0.648. The second-order valence-electron chi connectivity index (χ2n) is 5.28. The van der Waals surface area contributed by atoms with Gasteiger partial charge in [-0.1, -0.05) is 36.2 Å². The van der Waals surface area contributed by atoms with Crippen LogP contribution in [0.1, 0.15) is 38.2 Å². The van der Waals surface area contributed by atoms with Crippen molar-refractivity contribution < 1.29 is 0 Å². The Bertz CT molecular complexity index is 392. The van der Waals surface area contributed by atoms with Crippen LogP contribution in [0.15, 0.2) is 18.2 Å². The Morgan fingerprint density at radius 3 is 2.78 bits per heavy atom. The van der Waals surface area contributed by atoms with Crippen LogP contribution in [-0.2, 0) is 6.42 Å². The van der Waals surface area contributed by atoms with Crippen LogP contribution in [0.3, 0.4) is 0 Å². The summed E-state index contributed by atoms with van der Waals surface area (Å²) in [4.78, 5) is 0. The van der Waals surface area contributed by atoms with Crippen molar-refractivity contribution in [1.29, 1.82) is 0 Å². The number of benzene rings is 1. The maximum absolute atomic E-state index is 6.05. The first-order valence-electron chi connectivity index (χ1n) is 6.86. The van der Waals surface area contributed by atoms with Crippen molar-refractivity contribution in [1.82, 2.24) is 5.32 Å². The lowest BCUT2D eigenvalue weighted by atomic mass is 9.98. The molecule has 3 heteroatoms. The Morgan fingerprint density at radius 2 is 2.06 bits per heavy atom. The SMILES string of the molecule is CCCNC1CCC(Cc2ccc(Cl)c(Cl)c2)C1. The molecule has 1 fully saturated rings. The van der Waals surface area contributed by atoms with E-state index in [0.717, 1.165) is 24.9 Å². The van der Waals surface area contributed by atoms with Crippen LogP contribution in [0.4, 0.5) is 0 Å². The maximum Gasteiger partial charge on any atom is 0.0595 e. The Morgan fingerprint density at radius 1 is 1.22 bits per heavy atom. The molecule has 0 radical (unpaired) electrons. The number of rotatable bonds is 5. The van der Waals surface area contributed by atoms with Crippen molar-refractivity contribution in [2.75, 3.05) is 6.54 Å². The molecule has 0 saturated heterocycles. The van der Waals surface area contributed by atoms with Crippen LogP contribution in [0, 0.1) is 5.92 Å². The van der Waals surface area contributed by atoms with Gasteiger partial charge in [0.2, 0.25) is 0 Å². The van der Waals surface area contributed by atoms with Crippen molar-refractivity contribution in [3.8, 4) is 0 Å². The fourth-order valence-electron chi connectivity index (χ4n) is 2.79. The average molecular weight is 286 g/mol. The lowest BCUT2D eigenvalue weighted by Gasteiger charge is -2.13. The van der Waals surface area contributed by atoms with Crippen molar-refractivity contribution in [2.24, 2.45) is 5.92 Å². The summed E-state index contributed by atoms with van der Waals surface area (Å²) in [7, 11) is 0. The molecule has 1 saturated carbocycles. The molecule has 2 rings (SSSR count). The fourth-order valence-corrected chi connectivity index (χ4v) is 3.11. The minimum atomic E-state index is 0.648. The number of hydrogen-bond acceptors (Lipinski definition) is 1. The Kier molecular flexibility index (Phi) is 5.35. The second kappa shape index (κ2) is 6.79. The molecule has 1 aliphatic rings. The van der Waals surface area contributed by atoms with E-state index in [0.29, 0.717) is 10.0 Å². The van der Waals surface area contributed by atoms with E-state index in [4.69, 9.17) is 23.2 Å². The second-order valence-corrected chi connectivity index (χ2v) is 6.10. The molecule has 1 aliphatic carbocycles. The first-order chi connectivity index (χ1) is 8.69. The molecule has 1 nitrogen and oxygen atoms in total. The third kappa shape index (κ3) is 3.88. The Hall–Kier alpha value is -0.240. The van der Waals surface area contributed by atoms with Crippen molar-refractivity contribution >= 4 is 23.2 Å². The highest BCUT2D eigenvalue weighted by Crippen LogP contribution is 2.30. The number of nitrogens with one attached hydrogen (secondary N) is 1. The van der Waals surface area contributed by atoms with E-state index in [1.54, 1.807) is 0 Å². The van der Waals surface area contributed by atoms with Crippen molar-refractivity contribution in [2.45, 2.75) is 45.1 Å². The van der Waals surface area contributed by atoms with E-state index >= 15 is 0 Å². The van der Waals surface area contributed by atoms with Crippen LogP contribution in [0.5, 0.6) is 0 Å². The molecule has 0 bridgehead atoms. The van der Waals surface area contributed by atoms with Crippen LogP contribution in [0.2, 0.25) is 10.0 Å². The quantitative estimate of drug-likeness (QED) is 0.827. The first kappa shape index (κ1) is 14.2. The number of halogens is 2. The summed E-state index contributed by atoms with van der Waals surface area (Å²) >= 11 is 12.0. The molecule has 1 aromatic rings. The summed E-state index contributed by atoms with van der Waals surface area (Å²) in [6, 6.07) is 6.73. The number of hydrogen-bond donors (Lipinski definition) is 1. The predicted octanol–water partition coefficient (Wildman–Crippen LogP) is 4.70. The Balaban J connectivity index is 1.85. The zero-order valence-electron chi connectivity index (χ0n) is 10.9. The van der Waals surface area contributed by atoms with Gasteiger partial charge in [-0.2, -0.15) is 0 Å². The topological polar surface area (TPSA) is 12.0 Å². The van der Waals surface area contributed by atoms with Gasteiger partial charge in [0.15, 0.2) is 0 Å². The molecule has 0 amide bonds. The lowest BCUT2D eigenvalue weighted by Crippen LogP contribution is -2.27. The monoisotopic (exact) mass is 285 g/mol. The van der Waals surface area contributed by atoms with E-state index in [1.807, 2.05) is 12.1 Å². The molecule has 1 aromatic carbocycles. The van der Waals surface area contributed by atoms with E-state index in [2.05, 4.69) is 18.3 Å². The zero-order chi connectivity index (χ0) is 13.0. The van der Waals surface area contributed by atoms with Crippen LogP contribution in [-0.4, -0.2) is 12.6 Å².